The first kappa shape index (κ1) is 12.9. The minimum absolute atomic E-state index is 0.0193. The average Bonchev–Trinajstić information content (AvgIpc) is 3.06. The van der Waals surface area contributed by atoms with Gasteiger partial charge in [0.2, 0.25) is 10.0 Å². The van der Waals surface area contributed by atoms with Crippen LogP contribution in [0.2, 0.25) is 0 Å². The quantitative estimate of drug-likeness (QED) is 0.868. The lowest BCUT2D eigenvalue weighted by atomic mass is 10.2. The molecule has 0 aromatic heterocycles. The normalized spacial score (nSPS) is 22.2. The molecule has 1 aromatic rings. The highest BCUT2D eigenvalue weighted by Crippen LogP contribution is 2.25. The Morgan fingerprint density at radius 2 is 2.32 bits per heavy atom. The van der Waals surface area contributed by atoms with E-state index < -0.39 is 10.0 Å². The highest BCUT2D eigenvalue weighted by Gasteiger charge is 2.21. The molecule has 1 atom stereocenters. The fourth-order valence-electron chi connectivity index (χ4n) is 2.54. The number of hydrogen-bond donors (Lipinski definition) is 2. The Morgan fingerprint density at radius 3 is 3.11 bits per heavy atom. The Morgan fingerprint density at radius 1 is 1.42 bits per heavy atom. The number of nitrogens with one attached hydrogen (secondary N) is 2. The maximum Gasteiger partial charge on any atom is 0.240 e. The minimum Gasteiger partial charge on any atom is -0.384 e. The molecule has 1 aromatic carbocycles. The zero-order chi connectivity index (χ0) is 13.3. The third-order valence-corrected chi connectivity index (χ3v) is 5.04. The number of rotatable bonds is 4. The summed E-state index contributed by atoms with van der Waals surface area (Å²) in [5, 5.41) is 3.22. The first-order valence-electron chi connectivity index (χ1n) is 6.63. The summed E-state index contributed by atoms with van der Waals surface area (Å²) in [6.07, 6.45) is 2.84. The van der Waals surface area contributed by atoms with Gasteiger partial charge in [0.1, 0.15) is 0 Å². The Balaban J connectivity index is 1.72. The molecule has 2 heterocycles. The predicted octanol–water partition coefficient (Wildman–Crippen LogP) is 1.11. The molecule has 2 aliphatic heterocycles. The number of anilines is 1. The topological polar surface area (TPSA) is 67.4 Å². The summed E-state index contributed by atoms with van der Waals surface area (Å²) in [5.74, 6) is 0. The molecule has 104 valence electrons. The van der Waals surface area contributed by atoms with Crippen molar-refractivity contribution in [3.8, 4) is 0 Å². The van der Waals surface area contributed by atoms with Crippen molar-refractivity contribution < 1.29 is 13.2 Å². The van der Waals surface area contributed by atoms with Crippen molar-refractivity contribution in [1.29, 1.82) is 0 Å². The van der Waals surface area contributed by atoms with Crippen LogP contribution in [0.5, 0.6) is 0 Å². The number of fused-ring (bicyclic) bond motifs is 1. The second kappa shape index (κ2) is 5.11. The van der Waals surface area contributed by atoms with Gasteiger partial charge in [-0.25, -0.2) is 13.1 Å². The summed E-state index contributed by atoms with van der Waals surface area (Å²) in [6, 6.07) is 5.24. The van der Waals surface area contributed by atoms with Crippen LogP contribution >= 0.6 is 0 Å². The van der Waals surface area contributed by atoms with Crippen molar-refractivity contribution in [2.45, 2.75) is 30.3 Å². The maximum absolute atomic E-state index is 12.2. The van der Waals surface area contributed by atoms with Gasteiger partial charge in [-0.1, -0.05) is 0 Å². The van der Waals surface area contributed by atoms with Crippen LogP contribution in [0.1, 0.15) is 18.4 Å². The van der Waals surface area contributed by atoms with Gasteiger partial charge in [-0.2, -0.15) is 0 Å². The first-order valence-corrected chi connectivity index (χ1v) is 8.11. The SMILES string of the molecule is O=S(=O)(NCC1CCCO1)c1ccc2c(c1)CCN2. The van der Waals surface area contributed by atoms with Crippen LogP contribution in [0.4, 0.5) is 5.69 Å². The molecule has 0 amide bonds. The van der Waals surface area contributed by atoms with Crippen molar-refractivity contribution in [1.82, 2.24) is 4.72 Å². The number of benzene rings is 1. The van der Waals surface area contributed by atoms with Crippen molar-refractivity contribution in [3.05, 3.63) is 23.8 Å². The maximum atomic E-state index is 12.2. The van der Waals surface area contributed by atoms with E-state index >= 15 is 0 Å². The molecular weight excluding hydrogens is 264 g/mol. The van der Waals surface area contributed by atoms with Crippen molar-refractivity contribution in [3.63, 3.8) is 0 Å². The van der Waals surface area contributed by atoms with Crippen LogP contribution in [0.3, 0.4) is 0 Å². The van der Waals surface area contributed by atoms with Gasteiger partial charge in [-0.05, 0) is 43.0 Å². The molecule has 2 N–H and O–H groups in total. The van der Waals surface area contributed by atoms with E-state index in [4.69, 9.17) is 4.74 Å². The third-order valence-electron chi connectivity index (χ3n) is 3.62. The third kappa shape index (κ3) is 2.75. The number of sulfonamides is 1. The summed E-state index contributed by atoms with van der Waals surface area (Å²) < 4.78 is 32.5. The van der Waals surface area contributed by atoms with Crippen LogP contribution in [0.25, 0.3) is 0 Å². The average molecular weight is 282 g/mol. The first-order chi connectivity index (χ1) is 9.15. The summed E-state index contributed by atoms with van der Waals surface area (Å²) in [6.45, 7) is 1.97. The predicted molar refractivity (Wildman–Crippen MR) is 72.8 cm³/mol. The molecule has 1 fully saturated rings. The van der Waals surface area contributed by atoms with Crippen LogP contribution in [0.15, 0.2) is 23.1 Å². The van der Waals surface area contributed by atoms with Gasteiger partial charge in [-0.3, -0.25) is 0 Å². The summed E-state index contributed by atoms with van der Waals surface area (Å²) in [4.78, 5) is 0.341. The van der Waals surface area contributed by atoms with Crippen LogP contribution in [0, 0.1) is 0 Å². The Kier molecular flexibility index (Phi) is 3.47. The van der Waals surface area contributed by atoms with E-state index in [0.717, 1.165) is 43.7 Å². The van der Waals surface area contributed by atoms with E-state index in [9.17, 15) is 8.42 Å². The molecule has 1 unspecified atom stereocenters. The van der Waals surface area contributed by atoms with Gasteiger partial charge in [0.25, 0.3) is 0 Å². The molecule has 0 saturated carbocycles. The Bertz CT molecular complexity index is 565. The standard InChI is InChI=1S/C13H18N2O3S/c16-19(17,15-9-11-2-1-7-18-11)12-3-4-13-10(8-12)5-6-14-13/h3-4,8,11,14-15H,1-2,5-7,9H2. The summed E-state index contributed by atoms with van der Waals surface area (Å²) in [7, 11) is -3.43. The Labute approximate surface area is 113 Å². The number of ether oxygens (including phenoxy) is 1. The van der Waals surface area contributed by atoms with Crippen molar-refractivity contribution in [2.75, 3.05) is 25.0 Å². The highest BCUT2D eigenvalue weighted by molar-refractivity contribution is 7.89. The van der Waals surface area contributed by atoms with Gasteiger partial charge in [0.05, 0.1) is 11.0 Å². The molecule has 0 bridgehead atoms. The second-order valence-corrected chi connectivity index (χ2v) is 6.75. The van der Waals surface area contributed by atoms with Gasteiger partial charge >= 0.3 is 0 Å². The summed E-state index contributed by atoms with van der Waals surface area (Å²) in [5.41, 5.74) is 2.11. The van der Waals surface area contributed by atoms with Crippen LogP contribution < -0.4 is 10.0 Å². The van der Waals surface area contributed by atoms with Gasteiger partial charge < -0.3 is 10.1 Å². The fraction of sp³-hybridized carbons (Fsp3) is 0.538. The van der Waals surface area contributed by atoms with E-state index in [2.05, 4.69) is 10.0 Å². The van der Waals surface area contributed by atoms with Gasteiger partial charge in [0, 0.05) is 25.4 Å². The van der Waals surface area contributed by atoms with E-state index in [0.29, 0.717) is 11.4 Å². The summed E-state index contributed by atoms with van der Waals surface area (Å²) >= 11 is 0. The molecule has 0 spiro atoms. The zero-order valence-corrected chi connectivity index (χ0v) is 11.5. The van der Waals surface area contributed by atoms with Crippen LogP contribution in [-0.2, 0) is 21.2 Å². The largest absolute Gasteiger partial charge is 0.384 e. The Hall–Kier alpha value is -1.11. The smallest absolute Gasteiger partial charge is 0.240 e. The van der Waals surface area contributed by atoms with E-state index in [1.165, 1.54) is 0 Å². The molecule has 2 aliphatic rings. The van der Waals surface area contributed by atoms with Crippen molar-refractivity contribution >= 4 is 15.7 Å². The fourth-order valence-corrected chi connectivity index (χ4v) is 3.66. The molecule has 6 heteroatoms. The van der Waals surface area contributed by atoms with Crippen LogP contribution in [-0.4, -0.2) is 34.2 Å². The highest BCUT2D eigenvalue weighted by atomic mass is 32.2. The van der Waals surface area contributed by atoms with Gasteiger partial charge in [0.15, 0.2) is 0 Å². The van der Waals surface area contributed by atoms with E-state index in [1.54, 1.807) is 12.1 Å². The molecule has 19 heavy (non-hydrogen) atoms. The molecule has 0 aliphatic carbocycles. The molecule has 5 nitrogen and oxygen atoms in total. The minimum atomic E-state index is -3.43. The molecule has 1 saturated heterocycles. The van der Waals surface area contributed by atoms with Gasteiger partial charge in [-0.15, -0.1) is 0 Å². The van der Waals surface area contributed by atoms with E-state index in [1.807, 2.05) is 6.07 Å². The lowest BCUT2D eigenvalue weighted by molar-refractivity contribution is 0.114. The number of hydrogen-bond acceptors (Lipinski definition) is 4. The van der Waals surface area contributed by atoms with Crippen molar-refractivity contribution in [2.24, 2.45) is 0 Å². The lowest BCUT2D eigenvalue weighted by Crippen LogP contribution is -2.31. The monoisotopic (exact) mass is 282 g/mol. The lowest BCUT2D eigenvalue weighted by Gasteiger charge is -2.12. The molecular formula is C13H18N2O3S. The zero-order valence-electron chi connectivity index (χ0n) is 10.7. The van der Waals surface area contributed by atoms with E-state index in [-0.39, 0.29) is 6.10 Å². The second-order valence-electron chi connectivity index (χ2n) is 4.98. The molecule has 0 radical (unpaired) electrons. The molecule has 3 rings (SSSR count).